The van der Waals surface area contributed by atoms with Crippen LogP contribution >= 0.6 is 11.6 Å². The van der Waals surface area contributed by atoms with E-state index in [0.717, 1.165) is 5.56 Å². The van der Waals surface area contributed by atoms with Crippen LogP contribution in [0.3, 0.4) is 0 Å². The number of anilines is 1. The number of rotatable bonds is 5. The van der Waals surface area contributed by atoms with Crippen molar-refractivity contribution in [1.29, 1.82) is 0 Å². The van der Waals surface area contributed by atoms with Crippen molar-refractivity contribution in [1.82, 2.24) is 15.1 Å². The minimum atomic E-state index is -0.353. The molecule has 2 amide bonds. The lowest BCUT2D eigenvalue weighted by Crippen LogP contribution is -2.18. The highest BCUT2D eigenvalue weighted by Crippen LogP contribution is 2.25. The zero-order valence-corrected chi connectivity index (χ0v) is 17.4. The third-order valence-electron chi connectivity index (χ3n) is 4.49. The number of hydrogen-bond donors (Lipinski definition) is 2. The average molecular weight is 427 g/mol. The van der Waals surface area contributed by atoms with Crippen LogP contribution in [-0.2, 0) is 4.79 Å². The monoisotopic (exact) mass is 426 g/mol. The molecule has 1 heterocycles. The van der Waals surface area contributed by atoms with Crippen molar-refractivity contribution in [2.45, 2.75) is 13.8 Å². The summed E-state index contributed by atoms with van der Waals surface area (Å²) in [7, 11) is 1.56. The Labute approximate surface area is 178 Å². The molecule has 0 aliphatic rings. The van der Waals surface area contributed by atoms with Gasteiger partial charge in [-0.25, -0.2) is 9.07 Å². The van der Waals surface area contributed by atoms with Gasteiger partial charge in [-0.1, -0.05) is 11.6 Å². The molecule has 3 rings (SSSR count). The van der Waals surface area contributed by atoms with E-state index in [2.05, 4.69) is 15.7 Å². The number of amides is 2. The number of nitrogens with zero attached hydrogens (tertiary/aromatic N) is 2. The third-order valence-corrected chi connectivity index (χ3v) is 4.86. The molecule has 0 fully saturated rings. The SMILES string of the molecule is CNC(=O)c1ccc(NC(=O)C=Cc2c(C)nn(-c3ccc(F)cc3)c2Cl)c(C)c1. The molecule has 0 spiro atoms. The Morgan fingerprint density at radius 3 is 2.47 bits per heavy atom. The lowest BCUT2D eigenvalue weighted by Gasteiger charge is -2.08. The molecule has 0 aliphatic heterocycles. The summed E-state index contributed by atoms with van der Waals surface area (Å²) >= 11 is 6.42. The highest BCUT2D eigenvalue weighted by atomic mass is 35.5. The Morgan fingerprint density at radius 2 is 1.83 bits per heavy atom. The lowest BCUT2D eigenvalue weighted by molar-refractivity contribution is -0.111. The van der Waals surface area contributed by atoms with Crippen LogP contribution in [0.1, 0.15) is 27.2 Å². The molecule has 6 nitrogen and oxygen atoms in total. The van der Waals surface area contributed by atoms with E-state index in [1.807, 2.05) is 0 Å². The Kier molecular flexibility index (Phi) is 6.32. The van der Waals surface area contributed by atoms with E-state index >= 15 is 0 Å². The van der Waals surface area contributed by atoms with Gasteiger partial charge in [0.05, 0.1) is 11.4 Å². The molecule has 0 unspecified atom stereocenters. The molecule has 1 aromatic heterocycles. The maximum absolute atomic E-state index is 13.1. The highest BCUT2D eigenvalue weighted by molar-refractivity contribution is 6.31. The molecule has 2 N–H and O–H groups in total. The fourth-order valence-electron chi connectivity index (χ4n) is 2.88. The van der Waals surface area contributed by atoms with Crippen LogP contribution in [0.4, 0.5) is 10.1 Å². The maximum Gasteiger partial charge on any atom is 0.251 e. The second-order valence-corrected chi connectivity index (χ2v) is 6.97. The van der Waals surface area contributed by atoms with Crippen LogP contribution in [0.15, 0.2) is 48.5 Å². The fourth-order valence-corrected chi connectivity index (χ4v) is 3.21. The highest BCUT2D eigenvalue weighted by Gasteiger charge is 2.13. The summed E-state index contributed by atoms with van der Waals surface area (Å²) in [4.78, 5) is 24.1. The molecular formula is C22H20ClFN4O2. The van der Waals surface area contributed by atoms with Gasteiger partial charge in [0.2, 0.25) is 5.91 Å². The third kappa shape index (κ3) is 4.58. The molecule has 0 bridgehead atoms. The molecule has 0 aliphatic carbocycles. The van der Waals surface area contributed by atoms with Crippen LogP contribution in [-0.4, -0.2) is 28.6 Å². The van der Waals surface area contributed by atoms with Crippen molar-refractivity contribution >= 4 is 35.2 Å². The summed E-state index contributed by atoms with van der Waals surface area (Å²) in [6.07, 6.45) is 2.94. The van der Waals surface area contributed by atoms with Crippen LogP contribution in [0.5, 0.6) is 0 Å². The van der Waals surface area contributed by atoms with Crippen molar-refractivity contribution < 1.29 is 14.0 Å². The minimum Gasteiger partial charge on any atom is -0.355 e. The van der Waals surface area contributed by atoms with Crippen molar-refractivity contribution in [2.75, 3.05) is 12.4 Å². The van der Waals surface area contributed by atoms with Crippen LogP contribution in [0.25, 0.3) is 11.8 Å². The van der Waals surface area contributed by atoms with Gasteiger partial charge in [-0.15, -0.1) is 0 Å². The molecule has 154 valence electrons. The van der Waals surface area contributed by atoms with Gasteiger partial charge in [0.1, 0.15) is 11.0 Å². The van der Waals surface area contributed by atoms with Crippen LogP contribution in [0, 0.1) is 19.7 Å². The van der Waals surface area contributed by atoms with E-state index < -0.39 is 0 Å². The first kappa shape index (κ1) is 21.3. The van der Waals surface area contributed by atoms with Gasteiger partial charge in [-0.3, -0.25) is 9.59 Å². The maximum atomic E-state index is 13.1. The number of carbonyl (C=O) groups excluding carboxylic acids is 2. The Hall–Kier alpha value is -3.45. The number of halogens is 2. The summed E-state index contributed by atoms with van der Waals surface area (Å²) in [5.41, 5.74) is 3.69. The topological polar surface area (TPSA) is 76.0 Å². The number of benzene rings is 2. The lowest BCUT2D eigenvalue weighted by atomic mass is 10.1. The standard InChI is InChI=1S/C22H20ClFN4O2/c1-13-12-15(22(30)25-3)4-10-19(13)26-20(29)11-9-18-14(2)27-28(21(18)23)17-7-5-16(24)6-8-17/h4-12H,1-3H3,(H,25,30)(H,26,29). The second kappa shape index (κ2) is 8.92. The molecule has 2 aromatic carbocycles. The molecule has 0 saturated carbocycles. The molecule has 3 aromatic rings. The quantitative estimate of drug-likeness (QED) is 0.597. The van der Waals surface area contributed by atoms with Gasteiger partial charge >= 0.3 is 0 Å². The fraction of sp³-hybridized carbons (Fsp3) is 0.136. The van der Waals surface area contributed by atoms with Crippen molar-refractivity contribution in [3.63, 3.8) is 0 Å². The average Bonchev–Trinajstić information content (AvgIpc) is 3.01. The van der Waals surface area contributed by atoms with E-state index in [4.69, 9.17) is 11.6 Å². The van der Waals surface area contributed by atoms with E-state index in [-0.39, 0.29) is 17.6 Å². The van der Waals surface area contributed by atoms with Gasteiger partial charge in [0, 0.05) is 29.9 Å². The molecular weight excluding hydrogens is 407 g/mol. The summed E-state index contributed by atoms with van der Waals surface area (Å²) in [5, 5.41) is 10.0. The predicted molar refractivity (Wildman–Crippen MR) is 116 cm³/mol. The largest absolute Gasteiger partial charge is 0.355 e. The predicted octanol–water partition coefficient (Wildman–Crippen LogP) is 4.29. The molecule has 30 heavy (non-hydrogen) atoms. The molecule has 0 saturated heterocycles. The van der Waals surface area contributed by atoms with Crippen LogP contribution in [0.2, 0.25) is 5.15 Å². The van der Waals surface area contributed by atoms with Gasteiger partial charge in [0.25, 0.3) is 5.91 Å². The summed E-state index contributed by atoms with van der Waals surface area (Å²) in [5.74, 6) is -0.899. The van der Waals surface area contributed by atoms with Crippen molar-refractivity contribution in [3.8, 4) is 5.69 Å². The summed E-state index contributed by atoms with van der Waals surface area (Å²) in [6.45, 7) is 3.57. The first-order valence-electron chi connectivity index (χ1n) is 9.13. The normalized spacial score (nSPS) is 11.0. The molecule has 0 radical (unpaired) electrons. The second-order valence-electron chi connectivity index (χ2n) is 6.61. The van der Waals surface area contributed by atoms with Crippen molar-refractivity contribution in [2.24, 2.45) is 0 Å². The van der Waals surface area contributed by atoms with Gasteiger partial charge in [0.15, 0.2) is 0 Å². The van der Waals surface area contributed by atoms with Gasteiger partial charge in [-0.2, -0.15) is 5.10 Å². The van der Waals surface area contributed by atoms with Gasteiger partial charge < -0.3 is 10.6 Å². The first-order valence-corrected chi connectivity index (χ1v) is 9.51. The number of hydrogen-bond acceptors (Lipinski definition) is 3. The van der Waals surface area contributed by atoms with Crippen molar-refractivity contribution in [3.05, 3.63) is 81.9 Å². The first-order chi connectivity index (χ1) is 14.3. The Balaban J connectivity index is 1.77. The Morgan fingerprint density at radius 1 is 1.13 bits per heavy atom. The van der Waals surface area contributed by atoms with Crippen LogP contribution < -0.4 is 10.6 Å². The smallest absolute Gasteiger partial charge is 0.251 e. The number of nitrogens with one attached hydrogen (secondary N) is 2. The zero-order valence-electron chi connectivity index (χ0n) is 16.7. The summed E-state index contributed by atoms with van der Waals surface area (Å²) in [6, 6.07) is 10.8. The summed E-state index contributed by atoms with van der Waals surface area (Å²) < 4.78 is 14.6. The number of aryl methyl sites for hydroxylation is 2. The van der Waals surface area contributed by atoms with E-state index in [1.54, 1.807) is 57.3 Å². The molecule has 8 heteroatoms. The van der Waals surface area contributed by atoms with E-state index in [1.165, 1.54) is 22.9 Å². The number of aromatic nitrogens is 2. The van der Waals surface area contributed by atoms with E-state index in [9.17, 15) is 14.0 Å². The minimum absolute atomic E-state index is 0.195. The number of carbonyl (C=O) groups is 2. The zero-order chi connectivity index (χ0) is 21.8. The molecule has 0 atom stereocenters. The Bertz CT molecular complexity index is 1140. The van der Waals surface area contributed by atoms with E-state index in [0.29, 0.717) is 33.3 Å². The van der Waals surface area contributed by atoms with Gasteiger partial charge in [-0.05, 0) is 68.0 Å².